The molecule has 2 aliphatic rings. The summed E-state index contributed by atoms with van der Waals surface area (Å²) < 4.78 is 40.2. The maximum absolute atomic E-state index is 12.4. The van der Waals surface area contributed by atoms with E-state index in [4.69, 9.17) is 5.53 Å². The quantitative estimate of drug-likeness (QED) is 0.485. The molecule has 3 rings (SSSR count). The molecule has 0 N–H and O–H groups in total. The van der Waals surface area contributed by atoms with Gasteiger partial charge in [0.05, 0.1) is 12.1 Å². The first-order valence-electron chi connectivity index (χ1n) is 6.85. The summed E-state index contributed by atoms with van der Waals surface area (Å²) in [4.78, 5) is 18.2. The Morgan fingerprint density at radius 3 is 2.52 bits per heavy atom. The first kappa shape index (κ1) is 15.3. The Bertz CT molecular complexity index is 657. The zero-order valence-corrected chi connectivity index (χ0v) is 11.8. The van der Waals surface area contributed by atoms with Crippen molar-refractivity contribution in [3.05, 3.63) is 34.7 Å². The fraction of sp³-hybridized carbons (Fsp3) is 0.462. The second-order valence-corrected chi connectivity index (χ2v) is 5.34. The Morgan fingerprint density at radius 2 is 1.96 bits per heavy atom. The van der Waals surface area contributed by atoms with Crippen LogP contribution in [0.4, 0.5) is 23.7 Å². The van der Waals surface area contributed by atoms with E-state index >= 15 is 0 Å². The van der Waals surface area contributed by atoms with E-state index in [1.807, 2.05) is 0 Å². The normalized spacial score (nSPS) is 23.7. The third-order valence-corrected chi connectivity index (χ3v) is 3.86. The maximum atomic E-state index is 12.4. The van der Waals surface area contributed by atoms with Crippen molar-refractivity contribution in [2.75, 3.05) is 18.0 Å². The molecular formula is C13H12F3N5O2. The number of rotatable bonds is 3. The number of amides is 2. The largest absolute Gasteiger partial charge is 0.573 e. The van der Waals surface area contributed by atoms with Gasteiger partial charge in [-0.25, -0.2) is 4.79 Å². The molecular weight excluding hydrogens is 315 g/mol. The van der Waals surface area contributed by atoms with Crippen molar-refractivity contribution in [3.8, 4) is 5.75 Å². The monoisotopic (exact) mass is 327 g/mol. The molecule has 0 spiro atoms. The number of hydrogen-bond acceptors (Lipinski definition) is 3. The molecule has 0 aliphatic carbocycles. The Morgan fingerprint density at radius 1 is 1.26 bits per heavy atom. The lowest BCUT2D eigenvalue weighted by Crippen LogP contribution is -2.33. The smallest absolute Gasteiger partial charge is 0.406 e. The molecule has 0 radical (unpaired) electrons. The van der Waals surface area contributed by atoms with Gasteiger partial charge in [-0.3, -0.25) is 4.90 Å². The number of hydrogen-bond donors (Lipinski definition) is 0. The van der Waals surface area contributed by atoms with Crippen LogP contribution in [0.25, 0.3) is 10.4 Å². The van der Waals surface area contributed by atoms with E-state index in [9.17, 15) is 18.0 Å². The van der Waals surface area contributed by atoms with E-state index in [2.05, 4.69) is 14.8 Å². The number of nitrogens with zero attached hydrogens (tertiary/aromatic N) is 5. The first-order valence-corrected chi connectivity index (χ1v) is 6.85. The molecule has 2 fully saturated rings. The molecule has 23 heavy (non-hydrogen) atoms. The van der Waals surface area contributed by atoms with Gasteiger partial charge < -0.3 is 9.64 Å². The summed E-state index contributed by atoms with van der Waals surface area (Å²) in [6.07, 6.45) is -4.16. The van der Waals surface area contributed by atoms with Crippen molar-refractivity contribution in [3.63, 3.8) is 0 Å². The standard InChI is InChI=1S/C13H12F3N5O2/c14-13(15,16)23-11-3-1-9(2-4-11)21-7-10-5-8(18-19-17)6-20(10)12(21)22/h1-4,8,10H,5-7H2/t8-,10-/m0/s1. The molecule has 0 unspecified atom stereocenters. The SMILES string of the molecule is [N-]=[N+]=N[C@H]1C[C@H]2CN(c3ccc(OC(F)(F)F)cc3)C(=O)N2C1. The van der Waals surface area contributed by atoms with E-state index in [0.29, 0.717) is 25.2 Å². The number of benzene rings is 1. The summed E-state index contributed by atoms with van der Waals surface area (Å²) in [6, 6.07) is 4.64. The molecule has 7 nitrogen and oxygen atoms in total. The number of azide groups is 1. The molecule has 1 aromatic rings. The molecule has 10 heteroatoms. The summed E-state index contributed by atoms with van der Waals surface area (Å²) in [6.45, 7) is 0.773. The average Bonchev–Trinajstić information content (AvgIpc) is 2.98. The Kier molecular flexibility index (Phi) is 3.69. The minimum absolute atomic E-state index is 0.0518. The Labute approximate surface area is 128 Å². The van der Waals surface area contributed by atoms with Crippen LogP contribution in [0.3, 0.4) is 0 Å². The molecule has 2 heterocycles. The molecule has 0 bridgehead atoms. The third kappa shape index (κ3) is 3.11. The second kappa shape index (κ2) is 5.54. The highest BCUT2D eigenvalue weighted by Gasteiger charge is 2.44. The average molecular weight is 327 g/mol. The van der Waals surface area contributed by atoms with Crippen LogP contribution in [0.2, 0.25) is 0 Å². The number of ether oxygens (including phenoxy) is 1. The summed E-state index contributed by atoms with van der Waals surface area (Å²) >= 11 is 0. The van der Waals surface area contributed by atoms with Crippen LogP contribution in [0.5, 0.6) is 5.75 Å². The summed E-state index contributed by atoms with van der Waals surface area (Å²) in [5.74, 6) is -0.336. The lowest BCUT2D eigenvalue weighted by atomic mass is 10.2. The van der Waals surface area contributed by atoms with E-state index in [1.165, 1.54) is 29.2 Å². The van der Waals surface area contributed by atoms with Gasteiger partial charge in [0.25, 0.3) is 0 Å². The summed E-state index contributed by atoms with van der Waals surface area (Å²) in [5, 5.41) is 3.63. The summed E-state index contributed by atoms with van der Waals surface area (Å²) in [5.41, 5.74) is 8.94. The van der Waals surface area contributed by atoms with Gasteiger partial charge in [0.1, 0.15) is 5.75 Å². The fourth-order valence-corrected chi connectivity index (χ4v) is 2.94. The van der Waals surface area contributed by atoms with Gasteiger partial charge >= 0.3 is 12.4 Å². The van der Waals surface area contributed by atoms with Gasteiger partial charge in [-0.2, -0.15) is 0 Å². The van der Waals surface area contributed by atoms with Gasteiger partial charge in [0, 0.05) is 23.7 Å². The predicted molar refractivity (Wildman–Crippen MR) is 73.9 cm³/mol. The Balaban J connectivity index is 1.70. The molecule has 1 aromatic carbocycles. The van der Waals surface area contributed by atoms with Crippen LogP contribution in [0.15, 0.2) is 29.4 Å². The van der Waals surface area contributed by atoms with Gasteiger partial charge in [0.15, 0.2) is 0 Å². The van der Waals surface area contributed by atoms with E-state index < -0.39 is 6.36 Å². The topological polar surface area (TPSA) is 81.5 Å². The van der Waals surface area contributed by atoms with Gasteiger partial charge in [-0.05, 0) is 36.2 Å². The van der Waals surface area contributed by atoms with Crippen LogP contribution < -0.4 is 9.64 Å². The number of carbonyl (C=O) groups is 1. The lowest BCUT2D eigenvalue weighted by Gasteiger charge is -2.18. The van der Waals surface area contributed by atoms with Crippen molar-refractivity contribution >= 4 is 11.7 Å². The minimum Gasteiger partial charge on any atom is -0.406 e. The van der Waals surface area contributed by atoms with Crippen LogP contribution >= 0.6 is 0 Å². The molecule has 2 amide bonds. The van der Waals surface area contributed by atoms with Crippen molar-refractivity contribution in [2.45, 2.75) is 24.9 Å². The van der Waals surface area contributed by atoms with Gasteiger partial charge in [-0.1, -0.05) is 5.11 Å². The van der Waals surface area contributed by atoms with Crippen molar-refractivity contribution < 1.29 is 22.7 Å². The highest BCUT2D eigenvalue weighted by molar-refractivity contribution is 5.95. The maximum Gasteiger partial charge on any atom is 0.573 e. The summed E-state index contributed by atoms with van der Waals surface area (Å²) in [7, 11) is 0. The molecule has 2 aliphatic heterocycles. The zero-order valence-electron chi connectivity index (χ0n) is 11.8. The molecule has 2 atom stereocenters. The van der Waals surface area contributed by atoms with Crippen LogP contribution in [0.1, 0.15) is 6.42 Å². The highest BCUT2D eigenvalue weighted by Crippen LogP contribution is 2.33. The van der Waals surface area contributed by atoms with E-state index in [-0.39, 0.29) is 23.9 Å². The van der Waals surface area contributed by atoms with Gasteiger partial charge in [0.2, 0.25) is 0 Å². The van der Waals surface area contributed by atoms with Crippen LogP contribution in [-0.2, 0) is 0 Å². The van der Waals surface area contributed by atoms with Crippen LogP contribution in [-0.4, -0.2) is 42.5 Å². The number of alkyl halides is 3. The molecule has 122 valence electrons. The first-order chi connectivity index (χ1) is 10.9. The number of anilines is 1. The number of fused-ring (bicyclic) bond motifs is 1. The predicted octanol–water partition coefficient (Wildman–Crippen LogP) is 3.28. The fourth-order valence-electron chi connectivity index (χ4n) is 2.94. The minimum atomic E-state index is -4.75. The van der Waals surface area contributed by atoms with Crippen molar-refractivity contribution in [2.24, 2.45) is 5.11 Å². The zero-order chi connectivity index (χ0) is 16.6. The third-order valence-electron chi connectivity index (χ3n) is 3.86. The number of urea groups is 1. The second-order valence-electron chi connectivity index (χ2n) is 5.34. The van der Waals surface area contributed by atoms with Gasteiger partial charge in [-0.15, -0.1) is 13.2 Å². The molecule has 2 saturated heterocycles. The Hall–Kier alpha value is -2.61. The van der Waals surface area contributed by atoms with Crippen molar-refractivity contribution in [1.29, 1.82) is 0 Å². The van der Waals surface area contributed by atoms with Crippen LogP contribution in [0, 0.1) is 0 Å². The number of halogens is 3. The molecule has 0 aromatic heterocycles. The number of carbonyl (C=O) groups excluding carboxylic acids is 1. The lowest BCUT2D eigenvalue weighted by molar-refractivity contribution is -0.274. The van der Waals surface area contributed by atoms with E-state index in [1.54, 1.807) is 4.90 Å². The van der Waals surface area contributed by atoms with Crippen molar-refractivity contribution in [1.82, 2.24) is 4.90 Å². The van der Waals surface area contributed by atoms with E-state index in [0.717, 1.165) is 0 Å². The molecule has 0 saturated carbocycles. The highest BCUT2D eigenvalue weighted by atomic mass is 19.4.